The Bertz CT molecular complexity index is 414. The van der Waals surface area contributed by atoms with Crippen LogP contribution < -0.4 is 10.6 Å². The molecule has 1 fully saturated rings. The second-order valence-electron chi connectivity index (χ2n) is 4.36. The number of piperidine rings is 1. The summed E-state index contributed by atoms with van der Waals surface area (Å²) in [4.78, 5) is 18.9. The van der Waals surface area contributed by atoms with Crippen LogP contribution in [0.3, 0.4) is 0 Å². The molecular formula is C13H18N2O3. The zero-order chi connectivity index (χ0) is 13.0. The normalized spacial score (nSPS) is 16.7. The van der Waals surface area contributed by atoms with Crippen molar-refractivity contribution < 1.29 is 14.4 Å². The first kappa shape index (κ1) is 12.9. The first-order chi connectivity index (χ1) is 8.74. The number of ether oxygens (including phenoxy) is 1. The summed E-state index contributed by atoms with van der Waals surface area (Å²) < 4.78 is 5.12. The number of methoxy groups -OCH3 is 1. The molecular weight excluding hydrogens is 232 g/mol. The highest BCUT2D eigenvalue weighted by Crippen LogP contribution is 2.18. The van der Waals surface area contributed by atoms with Gasteiger partial charge in [-0.05, 0) is 31.0 Å². The lowest BCUT2D eigenvalue weighted by atomic mass is 10.1. The lowest BCUT2D eigenvalue weighted by Gasteiger charge is -2.30. The Hall–Kier alpha value is -1.59. The van der Waals surface area contributed by atoms with E-state index in [9.17, 15) is 4.79 Å². The summed E-state index contributed by atoms with van der Waals surface area (Å²) >= 11 is 0. The summed E-state index contributed by atoms with van der Waals surface area (Å²) in [6.45, 7) is 1.36. The number of hydrogen-bond acceptors (Lipinski definition) is 4. The minimum Gasteiger partial charge on any atom is -0.497 e. The van der Waals surface area contributed by atoms with Crippen molar-refractivity contribution in [1.82, 2.24) is 4.90 Å². The van der Waals surface area contributed by atoms with Gasteiger partial charge >= 0.3 is 0 Å². The van der Waals surface area contributed by atoms with Crippen LogP contribution in [0.5, 0.6) is 5.75 Å². The number of amides is 1. The molecule has 2 N–H and O–H groups in total. The molecule has 1 aromatic rings. The molecule has 1 saturated heterocycles. The standard InChI is InChI=1S/C13H18N2O3/c1-17-12-4-2-3-10(9-12)13(16)15-7-5-11(18-14)6-8-15/h2-4,9,11H,5-8,14H2,1H3. The van der Waals surface area contributed by atoms with Crippen molar-refractivity contribution in [3.63, 3.8) is 0 Å². The van der Waals surface area contributed by atoms with Crippen LogP contribution in [0.2, 0.25) is 0 Å². The van der Waals surface area contributed by atoms with E-state index in [4.69, 9.17) is 15.5 Å². The van der Waals surface area contributed by atoms with Crippen molar-refractivity contribution in [3.05, 3.63) is 29.8 Å². The monoisotopic (exact) mass is 250 g/mol. The van der Waals surface area contributed by atoms with E-state index < -0.39 is 0 Å². The van der Waals surface area contributed by atoms with Crippen LogP contribution in [0.25, 0.3) is 0 Å². The molecule has 5 heteroatoms. The SMILES string of the molecule is COc1cccc(C(=O)N2CCC(ON)CC2)c1. The second-order valence-corrected chi connectivity index (χ2v) is 4.36. The van der Waals surface area contributed by atoms with Crippen LogP contribution >= 0.6 is 0 Å². The van der Waals surface area contributed by atoms with E-state index in [1.165, 1.54) is 0 Å². The maximum Gasteiger partial charge on any atom is 0.253 e. The van der Waals surface area contributed by atoms with E-state index in [0.717, 1.165) is 12.8 Å². The van der Waals surface area contributed by atoms with Crippen LogP contribution in [-0.2, 0) is 4.84 Å². The zero-order valence-electron chi connectivity index (χ0n) is 10.5. The van der Waals surface area contributed by atoms with E-state index in [-0.39, 0.29) is 12.0 Å². The van der Waals surface area contributed by atoms with Gasteiger partial charge in [0.25, 0.3) is 5.91 Å². The summed E-state index contributed by atoms with van der Waals surface area (Å²) in [6, 6.07) is 7.21. The molecule has 2 rings (SSSR count). The van der Waals surface area contributed by atoms with Crippen LogP contribution in [0.4, 0.5) is 0 Å². The minimum atomic E-state index is 0.0318. The van der Waals surface area contributed by atoms with Crippen LogP contribution in [0.15, 0.2) is 24.3 Å². The van der Waals surface area contributed by atoms with Crippen LogP contribution in [0, 0.1) is 0 Å². The van der Waals surface area contributed by atoms with E-state index in [0.29, 0.717) is 24.4 Å². The first-order valence-electron chi connectivity index (χ1n) is 6.03. The molecule has 0 bridgehead atoms. The molecule has 0 spiro atoms. The summed E-state index contributed by atoms with van der Waals surface area (Å²) in [5.74, 6) is 5.88. The fraction of sp³-hybridized carbons (Fsp3) is 0.462. The maximum atomic E-state index is 12.3. The van der Waals surface area contributed by atoms with Gasteiger partial charge < -0.3 is 14.5 Å². The predicted octanol–water partition coefficient (Wildman–Crippen LogP) is 1.19. The highest BCUT2D eigenvalue weighted by Gasteiger charge is 2.23. The molecule has 0 aliphatic carbocycles. The van der Waals surface area contributed by atoms with Crippen molar-refractivity contribution in [3.8, 4) is 5.75 Å². The number of nitrogens with two attached hydrogens (primary N) is 1. The molecule has 18 heavy (non-hydrogen) atoms. The van der Waals surface area contributed by atoms with Gasteiger partial charge in [0, 0.05) is 18.7 Å². The molecule has 0 unspecified atom stereocenters. The fourth-order valence-electron chi connectivity index (χ4n) is 2.13. The molecule has 98 valence electrons. The topological polar surface area (TPSA) is 64.8 Å². The lowest BCUT2D eigenvalue weighted by molar-refractivity contribution is 0.00780. The highest BCUT2D eigenvalue weighted by atomic mass is 16.6. The predicted molar refractivity (Wildman–Crippen MR) is 67.2 cm³/mol. The summed E-state index contributed by atoms with van der Waals surface area (Å²) in [6.07, 6.45) is 1.64. The molecule has 1 aliphatic rings. The van der Waals surface area contributed by atoms with Gasteiger partial charge in [0.15, 0.2) is 0 Å². The Morgan fingerprint density at radius 1 is 1.39 bits per heavy atom. The molecule has 0 atom stereocenters. The Morgan fingerprint density at radius 2 is 2.11 bits per heavy atom. The lowest BCUT2D eigenvalue weighted by Crippen LogP contribution is -2.41. The van der Waals surface area contributed by atoms with Gasteiger partial charge in [-0.3, -0.25) is 4.79 Å². The van der Waals surface area contributed by atoms with Crippen molar-refractivity contribution in [2.24, 2.45) is 5.90 Å². The third kappa shape index (κ3) is 2.80. The van der Waals surface area contributed by atoms with Gasteiger partial charge in [-0.1, -0.05) is 6.07 Å². The van der Waals surface area contributed by atoms with Crippen molar-refractivity contribution >= 4 is 5.91 Å². The van der Waals surface area contributed by atoms with Gasteiger partial charge in [0.2, 0.25) is 0 Å². The number of carbonyl (C=O) groups excluding carboxylic acids is 1. The first-order valence-corrected chi connectivity index (χ1v) is 6.03. The van der Waals surface area contributed by atoms with Gasteiger partial charge in [0.05, 0.1) is 13.2 Å². The largest absolute Gasteiger partial charge is 0.497 e. The van der Waals surface area contributed by atoms with E-state index in [2.05, 4.69) is 0 Å². The van der Waals surface area contributed by atoms with E-state index in [1.54, 1.807) is 19.2 Å². The molecule has 1 heterocycles. The summed E-state index contributed by atoms with van der Waals surface area (Å²) in [5, 5.41) is 0. The van der Waals surface area contributed by atoms with Crippen molar-refractivity contribution in [2.75, 3.05) is 20.2 Å². The second kappa shape index (κ2) is 5.84. The molecule has 1 amide bonds. The number of benzene rings is 1. The Morgan fingerprint density at radius 3 is 2.72 bits per heavy atom. The quantitative estimate of drug-likeness (QED) is 0.818. The van der Waals surface area contributed by atoms with E-state index in [1.807, 2.05) is 17.0 Å². The molecule has 1 aromatic carbocycles. The molecule has 0 saturated carbocycles. The third-order valence-corrected chi connectivity index (χ3v) is 3.24. The van der Waals surface area contributed by atoms with Crippen LogP contribution in [-0.4, -0.2) is 37.1 Å². The molecule has 0 radical (unpaired) electrons. The zero-order valence-corrected chi connectivity index (χ0v) is 10.5. The Balaban J connectivity index is 2.03. The molecule has 1 aliphatic heterocycles. The van der Waals surface area contributed by atoms with E-state index >= 15 is 0 Å². The van der Waals surface area contributed by atoms with Crippen LogP contribution in [0.1, 0.15) is 23.2 Å². The maximum absolute atomic E-state index is 12.3. The fourth-order valence-corrected chi connectivity index (χ4v) is 2.13. The minimum absolute atomic E-state index is 0.0318. The Kier molecular flexibility index (Phi) is 4.17. The third-order valence-electron chi connectivity index (χ3n) is 3.24. The van der Waals surface area contributed by atoms with Crippen molar-refractivity contribution in [1.29, 1.82) is 0 Å². The number of rotatable bonds is 3. The summed E-state index contributed by atoms with van der Waals surface area (Å²) in [5.41, 5.74) is 0.654. The highest BCUT2D eigenvalue weighted by molar-refractivity contribution is 5.94. The average molecular weight is 250 g/mol. The number of carbonyl (C=O) groups is 1. The van der Waals surface area contributed by atoms with Crippen molar-refractivity contribution in [2.45, 2.75) is 18.9 Å². The van der Waals surface area contributed by atoms with Gasteiger partial charge in [-0.25, -0.2) is 5.90 Å². The van der Waals surface area contributed by atoms with Gasteiger partial charge in [-0.2, -0.15) is 0 Å². The Labute approximate surface area is 106 Å². The number of likely N-dealkylation sites (tertiary alicyclic amines) is 1. The summed E-state index contributed by atoms with van der Waals surface area (Å²) in [7, 11) is 1.59. The number of nitrogens with zero attached hydrogens (tertiary/aromatic N) is 1. The van der Waals surface area contributed by atoms with Gasteiger partial charge in [0.1, 0.15) is 5.75 Å². The molecule has 0 aromatic heterocycles. The average Bonchev–Trinajstić information content (AvgIpc) is 2.46. The smallest absolute Gasteiger partial charge is 0.253 e. The van der Waals surface area contributed by atoms with Gasteiger partial charge in [-0.15, -0.1) is 0 Å². The number of hydrogen-bond donors (Lipinski definition) is 1. The molecule has 5 nitrogen and oxygen atoms in total.